The molecule has 2 atom stereocenters. The second-order valence-corrected chi connectivity index (χ2v) is 5.08. The van der Waals surface area contributed by atoms with Crippen molar-refractivity contribution in [1.29, 1.82) is 0 Å². The molecule has 1 aliphatic heterocycles. The van der Waals surface area contributed by atoms with Gasteiger partial charge >= 0.3 is 0 Å². The van der Waals surface area contributed by atoms with Crippen LogP contribution in [0.1, 0.15) is 37.0 Å². The van der Waals surface area contributed by atoms with Gasteiger partial charge in [0.1, 0.15) is 5.82 Å². The van der Waals surface area contributed by atoms with Crippen LogP contribution in [0.25, 0.3) is 0 Å². The second kappa shape index (κ2) is 5.24. The van der Waals surface area contributed by atoms with E-state index >= 15 is 0 Å². The van der Waals surface area contributed by atoms with Crippen LogP contribution >= 0.6 is 0 Å². The molecule has 2 N–H and O–H groups in total. The summed E-state index contributed by atoms with van der Waals surface area (Å²) >= 11 is 0. The van der Waals surface area contributed by atoms with E-state index in [1.54, 1.807) is 19.9 Å². The number of aliphatic hydroxyl groups excluding tert-OH is 2. The Balaban J connectivity index is 2.38. The van der Waals surface area contributed by atoms with Crippen LogP contribution in [-0.2, 0) is 0 Å². The summed E-state index contributed by atoms with van der Waals surface area (Å²) in [6.45, 7) is 4.73. The lowest BCUT2D eigenvalue weighted by atomic mass is 10.0. The Morgan fingerprint density at radius 1 is 1.44 bits per heavy atom. The van der Waals surface area contributed by atoms with Gasteiger partial charge in [-0.05, 0) is 44.4 Å². The lowest BCUT2D eigenvalue weighted by Gasteiger charge is -2.34. The minimum Gasteiger partial charge on any atom is -0.391 e. The highest BCUT2D eigenvalue weighted by Crippen LogP contribution is 2.31. The number of aliphatic hydroxyl groups is 2. The van der Waals surface area contributed by atoms with E-state index in [2.05, 4.69) is 0 Å². The van der Waals surface area contributed by atoms with Gasteiger partial charge in [0, 0.05) is 24.3 Å². The SMILES string of the molecule is Cc1cc(N2CCCC(O)C2)c(C(C)O)cc1F. The predicted molar refractivity (Wildman–Crippen MR) is 69.2 cm³/mol. The van der Waals surface area contributed by atoms with Crippen molar-refractivity contribution < 1.29 is 14.6 Å². The molecule has 0 bridgehead atoms. The summed E-state index contributed by atoms with van der Waals surface area (Å²) in [5.74, 6) is -0.299. The minimum atomic E-state index is -0.714. The van der Waals surface area contributed by atoms with Crippen molar-refractivity contribution in [1.82, 2.24) is 0 Å². The van der Waals surface area contributed by atoms with Crippen molar-refractivity contribution in [3.05, 3.63) is 29.1 Å². The van der Waals surface area contributed by atoms with E-state index in [-0.39, 0.29) is 11.9 Å². The van der Waals surface area contributed by atoms with E-state index in [1.165, 1.54) is 6.07 Å². The zero-order chi connectivity index (χ0) is 13.3. The Kier molecular flexibility index (Phi) is 3.88. The summed E-state index contributed by atoms with van der Waals surface area (Å²) in [4.78, 5) is 2.03. The summed E-state index contributed by atoms with van der Waals surface area (Å²) < 4.78 is 13.6. The molecule has 0 aromatic heterocycles. The molecule has 1 saturated heterocycles. The molecular weight excluding hydrogens is 233 g/mol. The zero-order valence-electron chi connectivity index (χ0n) is 10.9. The summed E-state index contributed by atoms with van der Waals surface area (Å²) in [7, 11) is 0. The number of rotatable bonds is 2. The van der Waals surface area contributed by atoms with Crippen LogP contribution in [-0.4, -0.2) is 29.4 Å². The van der Waals surface area contributed by atoms with Gasteiger partial charge in [-0.15, -0.1) is 0 Å². The number of aryl methyl sites for hydroxylation is 1. The lowest BCUT2D eigenvalue weighted by Crippen LogP contribution is -2.38. The van der Waals surface area contributed by atoms with E-state index < -0.39 is 6.10 Å². The first kappa shape index (κ1) is 13.3. The molecule has 1 aromatic carbocycles. The molecule has 4 heteroatoms. The van der Waals surface area contributed by atoms with Gasteiger partial charge in [-0.2, -0.15) is 0 Å². The topological polar surface area (TPSA) is 43.7 Å². The molecule has 1 fully saturated rings. The van der Waals surface area contributed by atoms with Crippen LogP contribution in [0.15, 0.2) is 12.1 Å². The molecule has 0 radical (unpaired) electrons. The molecule has 100 valence electrons. The Labute approximate surface area is 107 Å². The molecule has 18 heavy (non-hydrogen) atoms. The lowest BCUT2D eigenvalue weighted by molar-refractivity contribution is 0.153. The Bertz CT molecular complexity index is 434. The van der Waals surface area contributed by atoms with E-state index in [4.69, 9.17) is 0 Å². The van der Waals surface area contributed by atoms with Gasteiger partial charge < -0.3 is 15.1 Å². The maximum atomic E-state index is 13.6. The van der Waals surface area contributed by atoms with Crippen molar-refractivity contribution in [2.24, 2.45) is 0 Å². The van der Waals surface area contributed by atoms with Crippen molar-refractivity contribution >= 4 is 5.69 Å². The van der Waals surface area contributed by atoms with Crippen LogP contribution in [0.2, 0.25) is 0 Å². The molecular formula is C14H20FNO2. The summed E-state index contributed by atoms with van der Waals surface area (Å²) in [5, 5.41) is 19.5. The van der Waals surface area contributed by atoms with Crippen LogP contribution in [0.4, 0.5) is 10.1 Å². The largest absolute Gasteiger partial charge is 0.391 e. The van der Waals surface area contributed by atoms with E-state index in [0.717, 1.165) is 25.1 Å². The highest BCUT2D eigenvalue weighted by Gasteiger charge is 2.22. The van der Waals surface area contributed by atoms with Gasteiger partial charge in [-0.3, -0.25) is 0 Å². The van der Waals surface area contributed by atoms with Crippen molar-refractivity contribution in [3.8, 4) is 0 Å². The van der Waals surface area contributed by atoms with Crippen LogP contribution in [0, 0.1) is 12.7 Å². The number of β-amino-alcohol motifs (C(OH)–C–C–N with tert-alkyl or cyclic N) is 1. The van der Waals surface area contributed by atoms with E-state index in [0.29, 0.717) is 17.7 Å². The molecule has 0 spiro atoms. The third-order valence-corrected chi connectivity index (χ3v) is 3.50. The number of halogens is 1. The van der Waals surface area contributed by atoms with Crippen molar-refractivity contribution in [3.63, 3.8) is 0 Å². The van der Waals surface area contributed by atoms with Crippen LogP contribution < -0.4 is 4.90 Å². The third kappa shape index (κ3) is 2.65. The van der Waals surface area contributed by atoms with E-state index in [1.807, 2.05) is 4.90 Å². The fourth-order valence-electron chi connectivity index (χ4n) is 2.46. The number of benzene rings is 1. The summed E-state index contributed by atoms with van der Waals surface area (Å²) in [6.07, 6.45) is 0.664. The maximum absolute atomic E-state index is 13.6. The molecule has 1 aromatic rings. The molecule has 3 nitrogen and oxygen atoms in total. The summed E-state index contributed by atoms with van der Waals surface area (Å²) in [5.41, 5.74) is 1.99. The van der Waals surface area contributed by atoms with Crippen molar-refractivity contribution in [2.75, 3.05) is 18.0 Å². The molecule has 2 rings (SSSR count). The first-order valence-corrected chi connectivity index (χ1v) is 6.40. The number of nitrogens with zero attached hydrogens (tertiary/aromatic N) is 1. The number of hydrogen-bond acceptors (Lipinski definition) is 3. The van der Waals surface area contributed by atoms with Crippen molar-refractivity contribution in [2.45, 2.75) is 38.9 Å². The van der Waals surface area contributed by atoms with Crippen LogP contribution in [0.3, 0.4) is 0 Å². The van der Waals surface area contributed by atoms with Gasteiger partial charge in [-0.25, -0.2) is 4.39 Å². The highest BCUT2D eigenvalue weighted by molar-refractivity contribution is 5.57. The average Bonchev–Trinajstić information content (AvgIpc) is 2.31. The molecule has 1 heterocycles. The summed E-state index contributed by atoms with van der Waals surface area (Å²) in [6, 6.07) is 3.16. The quantitative estimate of drug-likeness (QED) is 0.848. The van der Waals surface area contributed by atoms with Gasteiger partial charge in [-0.1, -0.05) is 0 Å². The van der Waals surface area contributed by atoms with Crippen LogP contribution in [0.5, 0.6) is 0 Å². The Morgan fingerprint density at radius 3 is 2.78 bits per heavy atom. The Hall–Kier alpha value is -1.13. The Morgan fingerprint density at radius 2 is 2.17 bits per heavy atom. The fourth-order valence-corrected chi connectivity index (χ4v) is 2.46. The highest BCUT2D eigenvalue weighted by atomic mass is 19.1. The van der Waals surface area contributed by atoms with Gasteiger partial charge in [0.2, 0.25) is 0 Å². The molecule has 0 saturated carbocycles. The molecule has 1 aliphatic rings. The zero-order valence-corrected chi connectivity index (χ0v) is 10.9. The second-order valence-electron chi connectivity index (χ2n) is 5.08. The van der Waals surface area contributed by atoms with Gasteiger partial charge in [0.05, 0.1) is 12.2 Å². The number of anilines is 1. The predicted octanol–water partition coefficient (Wildman–Crippen LogP) is 2.15. The first-order chi connectivity index (χ1) is 8.49. The average molecular weight is 253 g/mol. The maximum Gasteiger partial charge on any atom is 0.126 e. The standard InChI is InChI=1S/C14H20FNO2/c1-9-6-14(12(10(2)17)7-13(9)15)16-5-3-4-11(18)8-16/h6-7,10-11,17-18H,3-5,8H2,1-2H3. The minimum absolute atomic E-state index is 0.299. The van der Waals surface area contributed by atoms with E-state index in [9.17, 15) is 14.6 Å². The first-order valence-electron chi connectivity index (χ1n) is 6.40. The third-order valence-electron chi connectivity index (χ3n) is 3.50. The number of hydrogen-bond donors (Lipinski definition) is 2. The molecule has 0 amide bonds. The monoisotopic (exact) mass is 253 g/mol. The van der Waals surface area contributed by atoms with Gasteiger partial charge in [0.25, 0.3) is 0 Å². The normalized spacial score (nSPS) is 22.1. The van der Waals surface area contributed by atoms with Gasteiger partial charge in [0.15, 0.2) is 0 Å². The smallest absolute Gasteiger partial charge is 0.126 e. The number of piperidine rings is 1. The molecule has 2 unspecified atom stereocenters. The fraction of sp³-hybridized carbons (Fsp3) is 0.571. The molecule has 0 aliphatic carbocycles.